The number of benzene rings is 1. The summed E-state index contributed by atoms with van der Waals surface area (Å²) < 4.78 is 14.2. The van der Waals surface area contributed by atoms with Gasteiger partial charge in [0.15, 0.2) is 0 Å². The second-order valence-electron chi connectivity index (χ2n) is 5.62. The minimum absolute atomic E-state index is 0.245. The summed E-state index contributed by atoms with van der Waals surface area (Å²) in [6.07, 6.45) is 2.51. The Kier molecular flexibility index (Phi) is 3.43. The normalized spacial score (nSPS) is 27.6. The first-order chi connectivity index (χ1) is 9.06. The van der Waals surface area contributed by atoms with Crippen LogP contribution in [0.4, 0.5) is 15.8 Å². The molecule has 0 amide bonds. The van der Waals surface area contributed by atoms with E-state index in [1.807, 2.05) is 0 Å². The molecule has 0 saturated carbocycles. The summed E-state index contributed by atoms with van der Waals surface area (Å²) in [7, 11) is 0. The van der Waals surface area contributed by atoms with Crippen molar-refractivity contribution < 1.29 is 4.39 Å². The number of hydrogen-bond donors (Lipinski definition) is 1. The van der Waals surface area contributed by atoms with Gasteiger partial charge in [-0.2, -0.15) is 0 Å². The molecule has 1 aromatic carbocycles. The standard InChI is InChI=1S/C14H19BrFN3/c1-9-7-18-4-2-3-10(18)8-19(9)14-6-12(16)11(15)5-13(14)17/h5-6,9-10H,2-4,7-8,17H2,1H3. The van der Waals surface area contributed by atoms with E-state index in [4.69, 9.17) is 5.73 Å². The first kappa shape index (κ1) is 13.2. The number of rotatable bonds is 1. The number of halogens is 2. The molecule has 3 rings (SSSR count). The Labute approximate surface area is 121 Å². The summed E-state index contributed by atoms with van der Waals surface area (Å²) in [5, 5.41) is 0. The van der Waals surface area contributed by atoms with E-state index in [-0.39, 0.29) is 5.82 Å². The van der Waals surface area contributed by atoms with E-state index in [0.717, 1.165) is 18.8 Å². The summed E-state index contributed by atoms with van der Waals surface area (Å²) in [4.78, 5) is 4.81. The van der Waals surface area contributed by atoms with Gasteiger partial charge in [-0.3, -0.25) is 4.90 Å². The van der Waals surface area contributed by atoms with Gasteiger partial charge in [-0.05, 0) is 48.3 Å². The fraction of sp³-hybridized carbons (Fsp3) is 0.571. The van der Waals surface area contributed by atoms with E-state index in [2.05, 4.69) is 32.7 Å². The molecule has 3 nitrogen and oxygen atoms in total. The Morgan fingerprint density at radius 2 is 2.16 bits per heavy atom. The highest BCUT2D eigenvalue weighted by molar-refractivity contribution is 9.10. The van der Waals surface area contributed by atoms with Crippen LogP contribution in [-0.4, -0.2) is 36.6 Å². The van der Waals surface area contributed by atoms with Crippen LogP contribution in [-0.2, 0) is 0 Å². The number of anilines is 2. The average molecular weight is 328 g/mol. The van der Waals surface area contributed by atoms with Crippen LogP contribution in [0.2, 0.25) is 0 Å². The maximum absolute atomic E-state index is 13.8. The zero-order valence-corrected chi connectivity index (χ0v) is 12.7. The second-order valence-corrected chi connectivity index (χ2v) is 6.47. The predicted octanol–water partition coefficient (Wildman–Crippen LogP) is 2.84. The van der Waals surface area contributed by atoms with Gasteiger partial charge >= 0.3 is 0 Å². The lowest BCUT2D eigenvalue weighted by atomic mass is 10.1. The van der Waals surface area contributed by atoms with Gasteiger partial charge in [-0.15, -0.1) is 0 Å². The predicted molar refractivity (Wildman–Crippen MR) is 79.9 cm³/mol. The first-order valence-electron chi connectivity index (χ1n) is 6.81. The lowest BCUT2D eigenvalue weighted by Gasteiger charge is -2.44. The molecule has 1 aromatic rings. The average Bonchev–Trinajstić information content (AvgIpc) is 2.80. The van der Waals surface area contributed by atoms with Crippen molar-refractivity contribution in [1.29, 1.82) is 0 Å². The van der Waals surface area contributed by atoms with Crippen LogP contribution in [0, 0.1) is 5.82 Å². The molecule has 2 aliphatic heterocycles. The Morgan fingerprint density at radius 1 is 1.37 bits per heavy atom. The minimum atomic E-state index is -0.245. The SMILES string of the molecule is CC1CN2CCCC2CN1c1cc(F)c(Br)cc1N. The van der Waals surface area contributed by atoms with Crippen LogP contribution >= 0.6 is 15.9 Å². The molecular formula is C14H19BrFN3. The molecule has 2 saturated heterocycles. The van der Waals surface area contributed by atoms with Gasteiger partial charge in [0.2, 0.25) is 0 Å². The molecule has 2 unspecified atom stereocenters. The number of nitrogens with zero attached hydrogens (tertiary/aromatic N) is 2. The molecule has 2 aliphatic rings. The first-order valence-corrected chi connectivity index (χ1v) is 7.61. The van der Waals surface area contributed by atoms with Gasteiger partial charge in [0.25, 0.3) is 0 Å². The van der Waals surface area contributed by atoms with E-state index in [1.54, 1.807) is 12.1 Å². The summed E-state index contributed by atoms with van der Waals surface area (Å²) in [5.74, 6) is -0.245. The molecular weight excluding hydrogens is 309 g/mol. The second kappa shape index (κ2) is 4.94. The van der Waals surface area contributed by atoms with Crippen molar-refractivity contribution in [3.8, 4) is 0 Å². The lowest BCUT2D eigenvalue weighted by Crippen LogP contribution is -2.55. The fourth-order valence-electron chi connectivity index (χ4n) is 3.32. The van der Waals surface area contributed by atoms with E-state index in [9.17, 15) is 4.39 Å². The van der Waals surface area contributed by atoms with Crippen LogP contribution in [0.5, 0.6) is 0 Å². The van der Waals surface area contributed by atoms with E-state index < -0.39 is 0 Å². The number of fused-ring (bicyclic) bond motifs is 1. The largest absolute Gasteiger partial charge is 0.397 e. The fourth-order valence-corrected chi connectivity index (χ4v) is 3.68. The molecule has 0 aromatic heterocycles. The molecule has 0 spiro atoms. The van der Waals surface area contributed by atoms with Crippen LogP contribution in [0.15, 0.2) is 16.6 Å². The van der Waals surface area contributed by atoms with Gasteiger partial charge in [0.1, 0.15) is 5.82 Å². The highest BCUT2D eigenvalue weighted by Gasteiger charge is 2.35. The molecule has 104 valence electrons. The van der Waals surface area contributed by atoms with Gasteiger partial charge in [0, 0.05) is 31.2 Å². The van der Waals surface area contributed by atoms with Crippen LogP contribution < -0.4 is 10.6 Å². The van der Waals surface area contributed by atoms with Crippen molar-refractivity contribution in [1.82, 2.24) is 4.90 Å². The monoisotopic (exact) mass is 327 g/mol. The van der Waals surface area contributed by atoms with Crippen LogP contribution in [0.3, 0.4) is 0 Å². The van der Waals surface area contributed by atoms with Gasteiger partial charge in [0.05, 0.1) is 15.8 Å². The summed E-state index contributed by atoms with van der Waals surface area (Å²) in [6.45, 7) is 5.38. The molecule has 0 radical (unpaired) electrons. The molecule has 2 fully saturated rings. The molecule has 2 heterocycles. The van der Waals surface area contributed by atoms with Crippen molar-refractivity contribution in [2.45, 2.75) is 31.8 Å². The van der Waals surface area contributed by atoms with Crippen molar-refractivity contribution in [2.75, 3.05) is 30.3 Å². The van der Waals surface area contributed by atoms with E-state index in [1.165, 1.54) is 19.4 Å². The van der Waals surface area contributed by atoms with Crippen LogP contribution in [0.25, 0.3) is 0 Å². The van der Waals surface area contributed by atoms with E-state index >= 15 is 0 Å². The topological polar surface area (TPSA) is 32.5 Å². The van der Waals surface area contributed by atoms with Crippen molar-refractivity contribution in [2.24, 2.45) is 0 Å². The third-order valence-electron chi connectivity index (χ3n) is 4.32. The van der Waals surface area contributed by atoms with E-state index in [0.29, 0.717) is 22.2 Å². The zero-order chi connectivity index (χ0) is 13.6. The van der Waals surface area contributed by atoms with Crippen LogP contribution in [0.1, 0.15) is 19.8 Å². The third-order valence-corrected chi connectivity index (χ3v) is 4.92. The molecule has 2 atom stereocenters. The van der Waals surface area contributed by atoms with Gasteiger partial charge in [-0.25, -0.2) is 4.39 Å². The maximum Gasteiger partial charge on any atom is 0.139 e. The quantitative estimate of drug-likeness (QED) is 0.805. The van der Waals surface area contributed by atoms with Crippen molar-refractivity contribution in [3.05, 3.63) is 22.4 Å². The number of piperazine rings is 1. The third kappa shape index (κ3) is 2.34. The Morgan fingerprint density at radius 3 is 2.95 bits per heavy atom. The minimum Gasteiger partial charge on any atom is -0.397 e. The van der Waals surface area contributed by atoms with Crippen molar-refractivity contribution in [3.63, 3.8) is 0 Å². The highest BCUT2D eigenvalue weighted by atomic mass is 79.9. The Bertz CT molecular complexity index is 494. The molecule has 19 heavy (non-hydrogen) atoms. The molecule has 5 heteroatoms. The Balaban J connectivity index is 1.91. The Hall–Kier alpha value is -0.810. The van der Waals surface area contributed by atoms with Gasteiger partial charge < -0.3 is 10.6 Å². The van der Waals surface area contributed by atoms with Gasteiger partial charge in [-0.1, -0.05) is 0 Å². The number of hydrogen-bond acceptors (Lipinski definition) is 3. The molecule has 0 aliphatic carbocycles. The zero-order valence-electron chi connectivity index (χ0n) is 11.1. The summed E-state index contributed by atoms with van der Waals surface area (Å²) in [5.41, 5.74) is 7.55. The highest BCUT2D eigenvalue weighted by Crippen LogP contribution is 2.34. The summed E-state index contributed by atoms with van der Waals surface area (Å²) >= 11 is 3.18. The lowest BCUT2D eigenvalue weighted by molar-refractivity contribution is 0.203. The smallest absolute Gasteiger partial charge is 0.139 e. The summed E-state index contributed by atoms with van der Waals surface area (Å²) in [6, 6.07) is 4.19. The number of nitrogens with two attached hydrogens (primary N) is 1. The maximum atomic E-state index is 13.8. The molecule has 0 bridgehead atoms. The molecule has 2 N–H and O–H groups in total. The number of nitrogen functional groups attached to an aromatic ring is 1. The van der Waals surface area contributed by atoms with Crippen molar-refractivity contribution >= 4 is 27.3 Å².